The van der Waals surface area contributed by atoms with Gasteiger partial charge in [0.2, 0.25) is 0 Å². The summed E-state index contributed by atoms with van der Waals surface area (Å²) < 4.78 is 16.8. The van der Waals surface area contributed by atoms with Crippen LogP contribution in [0.3, 0.4) is 0 Å². The van der Waals surface area contributed by atoms with E-state index in [2.05, 4.69) is 20.5 Å². The van der Waals surface area contributed by atoms with Crippen LogP contribution in [0.2, 0.25) is 5.02 Å². The smallest absolute Gasteiger partial charge is 0.191 e. The lowest BCUT2D eigenvalue weighted by Gasteiger charge is -2.23. The molecule has 9 heteroatoms. The van der Waals surface area contributed by atoms with E-state index in [9.17, 15) is 0 Å². The molecule has 2 saturated heterocycles. The minimum atomic E-state index is 0. The Morgan fingerprint density at radius 1 is 1.30 bits per heavy atom. The molecule has 0 aliphatic carbocycles. The minimum Gasteiger partial charge on any atom is -0.495 e. The first-order valence-electron chi connectivity index (χ1n) is 10.4. The van der Waals surface area contributed by atoms with Gasteiger partial charge >= 0.3 is 0 Å². The van der Waals surface area contributed by atoms with Gasteiger partial charge in [0.1, 0.15) is 5.75 Å². The molecule has 0 aromatic heterocycles. The summed E-state index contributed by atoms with van der Waals surface area (Å²) in [6.45, 7) is 5.06. The van der Waals surface area contributed by atoms with Gasteiger partial charge in [-0.3, -0.25) is 4.99 Å². The number of aliphatic imine (C=N–C) groups is 1. The largest absolute Gasteiger partial charge is 0.495 e. The van der Waals surface area contributed by atoms with E-state index in [-0.39, 0.29) is 24.0 Å². The third-order valence-corrected chi connectivity index (χ3v) is 5.60. The quantitative estimate of drug-likeness (QED) is 0.223. The maximum atomic E-state index is 6.18. The van der Waals surface area contributed by atoms with Crippen molar-refractivity contribution in [2.75, 3.05) is 58.5 Å². The number of halogens is 2. The summed E-state index contributed by atoms with van der Waals surface area (Å²) in [5.74, 6) is 1.68. The maximum absolute atomic E-state index is 6.18. The Kier molecular flexibility index (Phi) is 11.3. The van der Waals surface area contributed by atoms with Crippen LogP contribution in [0.4, 0.5) is 5.69 Å². The first-order chi connectivity index (χ1) is 14.2. The molecule has 1 atom stereocenters. The van der Waals surface area contributed by atoms with Gasteiger partial charge in [-0.05, 0) is 43.9 Å². The highest BCUT2D eigenvalue weighted by Crippen LogP contribution is 2.33. The number of ether oxygens (including phenoxy) is 3. The summed E-state index contributed by atoms with van der Waals surface area (Å²) in [7, 11) is 3.50. The Balaban J connectivity index is 0.00000320. The molecule has 0 bridgehead atoms. The number of rotatable bonds is 8. The first-order valence-corrected chi connectivity index (χ1v) is 10.8. The Morgan fingerprint density at radius 2 is 2.10 bits per heavy atom. The van der Waals surface area contributed by atoms with E-state index in [1.165, 1.54) is 0 Å². The lowest BCUT2D eigenvalue weighted by atomic mass is 10.1. The zero-order valence-electron chi connectivity index (χ0n) is 17.9. The summed E-state index contributed by atoms with van der Waals surface area (Å²) in [5.41, 5.74) is 1.04. The van der Waals surface area contributed by atoms with Crippen LogP contribution < -0.4 is 20.3 Å². The van der Waals surface area contributed by atoms with Crippen molar-refractivity contribution in [2.24, 2.45) is 4.99 Å². The number of nitrogens with one attached hydrogen (secondary N) is 2. The van der Waals surface area contributed by atoms with Gasteiger partial charge in [0.15, 0.2) is 5.96 Å². The highest BCUT2D eigenvalue weighted by atomic mass is 127. The molecule has 2 aliphatic rings. The molecule has 3 rings (SSSR count). The van der Waals surface area contributed by atoms with Crippen LogP contribution in [0.5, 0.6) is 5.75 Å². The first kappa shape index (κ1) is 25.3. The maximum Gasteiger partial charge on any atom is 0.191 e. The fraction of sp³-hybridized carbons (Fsp3) is 0.667. The predicted octanol–water partition coefficient (Wildman–Crippen LogP) is 3.30. The van der Waals surface area contributed by atoms with Crippen molar-refractivity contribution in [3.8, 4) is 5.75 Å². The Labute approximate surface area is 201 Å². The fourth-order valence-electron chi connectivity index (χ4n) is 3.77. The van der Waals surface area contributed by atoms with E-state index in [0.717, 1.165) is 87.6 Å². The van der Waals surface area contributed by atoms with Crippen molar-refractivity contribution in [1.82, 2.24) is 10.6 Å². The number of hydrogen-bond acceptors (Lipinski definition) is 5. The van der Waals surface area contributed by atoms with E-state index < -0.39 is 0 Å². The van der Waals surface area contributed by atoms with Gasteiger partial charge in [-0.1, -0.05) is 11.6 Å². The number of nitrogens with zero attached hydrogens (tertiary/aromatic N) is 2. The van der Waals surface area contributed by atoms with Crippen molar-refractivity contribution in [2.45, 2.75) is 37.8 Å². The third-order valence-electron chi connectivity index (χ3n) is 5.37. The van der Waals surface area contributed by atoms with Crippen LogP contribution in [0.15, 0.2) is 23.2 Å². The van der Waals surface area contributed by atoms with Crippen LogP contribution >= 0.6 is 35.6 Å². The van der Waals surface area contributed by atoms with Gasteiger partial charge in [-0.2, -0.15) is 0 Å². The molecule has 2 fully saturated rings. The molecule has 1 aromatic rings. The highest BCUT2D eigenvalue weighted by molar-refractivity contribution is 14.0. The molecule has 0 spiro atoms. The molecule has 0 amide bonds. The van der Waals surface area contributed by atoms with Gasteiger partial charge in [-0.15, -0.1) is 24.0 Å². The second-order valence-corrected chi connectivity index (χ2v) is 7.86. The van der Waals surface area contributed by atoms with Crippen molar-refractivity contribution < 1.29 is 14.2 Å². The van der Waals surface area contributed by atoms with E-state index in [1.807, 2.05) is 18.2 Å². The molecule has 1 unspecified atom stereocenters. The lowest BCUT2D eigenvalue weighted by Crippen LogP contribution is -2.45. The van der Waals surface area contributed by atoms with Crippen LogP contribution in [0.1, 0.15) is 25.7 Å². The molecule has 2 heterocycles. The molecule has 170 valence electrons. The predicted molar refractivity (Wildman–Crippen MR) is 133 cm³/mol. The van der Waals surface area contributed by atoms with Gasteiger partial charge in [0.05, 0.1) is 18.9 Å². The SMILES string of the molecule is CN=C(NCCCOC1CCOCC1)NC1CCN(c2cc(Cl)ccc2OC)C1.I. The zero-order valence-corrected chi connectivity index (χ0v) is 20.9. The Morgan fingerprint density at radius 3 is 2.83 bits per heavy atom. The molecule has 1 aromatic carbocycles. The standard InChI is InChI=1S/C21H33ClN4O3.HI/c1-23-21(24-9-3-11-29-18-7-12-28-13-8-18)25-17-6-10-26(15-17)19-14-16(22)4-5-20(19)27-2;/h4-5,14,17-18H,3,6-13,15H2,1-2H3,(H2,23,24,25);1H. The molecule has 30 heavy (non-hydrogen) atoms. The van der Waals surface area contributed by atoms with Crippen molar-refractivity contribution in [1.29, 1.82) is 0 Å². The van der Waals surface area contributed by atoms with E-state index >= 15 is 0 Å². The second-order valence-electron chi connectivity index (χ2n) is 7.43. The van der Waals surface area contributed by atoms with Gasteiger partial charge in [0.25, 0.3) is 0 Å². The number of benzene rings is 1. The minimum absolute atomic E-state index is 0. The van der Waals surface area contributed by atoms with Gasteiger partial charge < -0.3 is 29.7 Å². The third kappa shape index (κ3) is 7.62. The van der Waals surface area contributed by atoms with Crippen molar-refractivity contribution in [3.05, 3.63) is 23.2 Å². The van der Waals surface area contributed by atoms with Crippen LogP contribution in [0.25, 0.3) is 0 Å². The topological polar surface area (TPSA) is 67.4 Å². The number of guanidine groups is 1. The summed E-state index contributed by atoms with van der Waals surface area (Å²) >= 11 is 6.18. The monoisotopic (exact) mass is 552 g/mol. The summed E-state index contributed by atoms with van der Waals surface area (Å²) in [6.07, 6.45) is 4.35. The van der Waals surface area contributed by atoms with E-state index in [4.69, 9.17) is 25.8 Å². The van der Waals surface area contributed by atoms with Crippen molar-refractivity contribution in [3.63, 3.8) is 0 Å². The fourth-order valence-corrected chi connectivity index (χ4v) is 3.93. The summed E-state index contributed by atoms with van der Waals surface area (Å²) in [4.78, 5) is 6.66. The molecular weight excluding hydrogens is 519 g/mol. The van der Waals surface area contributed by atoms with Crippen LogP contribution in [0, 0.1) is 0 Å². The van der Waals surface area contributed by atoms with Crippen molar-refractivity contribution >= 4 is 47.2 Å². The summed E-state index contributed by atoms with van der Waals surface area (Å²) in [6, 6.07) is 6.06. The van der Waals surface area contributed by atoms with E-state index in [0.29, 0.717) is 12.1 Å². The molecule has 0 saturated carbocycles. The number of hydrogen-bond donors (Lipinski definition) is 2. The molecule has 0 radical (unpaired) electrons. The highest BCUT2D eigenvalue weighted by Gasteiger charge is 2.25. The average Bonchev–Trinajstić information content (AvgIpc) is 3.21. The van der Waals surface area contributed by atoms with Gasteiger partial charge in [0, 0.05) is 57.6 Å². The van der Waals surface area contributed by atoms with Crippen LogP contribution in [-0.2, 0) is 9.47 Å². The zero-order chi connectivity index (χ0) is 20.5. The normalized spacial score (nSPS) is 20.0. The summed E-state index contributed by atoms with van der Waals surface area (Å²) in [5, 5.41) is 7.63. The molecular formula is C21H34ClIN4O3. The second kappa shape index (κ2) is 13.4. The molecule has 2 aliphatic heterocycles. The lowest BCUT2D eigenvalue weighted by molar-refractivity contribution is -0.0320. The Hall–Kier alpha value is -0.970. The molecule has 2 N–H and O–H groups in total. The number of methoxy groups -OCH3 is 1. The van der Waals surface area contributed by atoms with Crippen LogP contribution in [-0.4, -0.2) is 71.7 Å². The Bertz CT molecular complexity index is 674. The molecule has 7 nitrogen and oxygen atoms in total. The van der Waals surface area contributed by atoms with Gasteiger partial charge in [-0.25, -0.2) is 0 Å². The number of anilines is 1. The van der Waals surface area contributed by atoms with E-state index in [1.54, 1.807) is 14.2 Å². The average molecular weight is 553 g/mol.